The third kappa shape index (κ3) is 3.30. The van der Waals surface area contributed by atoms with Crippen LogP contribution in [0.1, 0.15) is 24.2 Å². The van der Waals surface area contributed by atoms with Crippen LogP contribution in [0.2, 0.25) is 0 Å². The lowest BCUT2D eigenvalue weighted by atomic mass is 10.1. The topological polar surface area (TPSA) is 90.8 Å². The first-order chi connectivity index (χ1) is 8.06. The highest BCUT2D eigenvalue weighted by Gasteiger charge is 2.13. The molecule has 0 saturated heterocycles. The van der Waals surface area contributed by atoms with E-state index in [1.165, 1.54) is 12.1 Å². The number of rotatable bonds is 4. The molecule has 0 fully saturated rings. The first kappa shape index (κ1) is 12.7. The Morgan fingerprint density at radius 2 is 2.12 bits per heavy atom. The Morgan fingerprint density at radius 1 is 1.41 bits per heavy atom. The molecule has 0 aliphatic carbocycles. The first-order valence-corrected chi connectivity index (χ1v) is 4.89. The van der Waals surface area contributed by atoms with Crippen molar-refractivity contribution in [1.82, 2.24) is 5.43 Å². The number of hydrogen-bond acceptors (Lipinski definition) is 4. The summed E-state index contributed by atoms with van der Waals surface area (Å²) >= 11 is 0. The Balaban J connectivity index is 2.98. The number of benzene rings is 1. The molecule has 1 aromatic carbocycles. The van der Waals surface area contributed by atoms with Gasteiger partial charge in [-0.2, -0.15) is 5.10 Å². The fourth-order valence-corrected chi connectivity index (χ4v) is 1.13. The van der Waals surface area contributed by atoms with Crippen LogP contribution in [0.15, 0.2) is 23.3 Å². The molecule has 0 bridgehead atoms. The molecule has 0 heterocycles. The van der Waals surface area contributed by atoms with Crippen molar-refractivity contribution in [2.45, 2.75) is 13.8 Å². The van der Waals surface area contributed by atoms with Gasteiger partial charge in [0.15, 0.2) is 5.75 Å². The van der Waals surface area contributed by atoms with Gasteiger partial charge >= 0.3 is 0 Å². The molecule has 6 heteroatoms. The van der Waals surface area contributed by atoms with Crippen molar-refractivity contribution in [3.8, 4) is 5.75 Å². The third-order valence-corrected chi connectivity index (χ3v) is 1.88. The minimum Gasteiger partial charge on any atom is -0.505 e. The Kier molecular flexibility index (Phi) is 4.21. The molecule has 1 aromatic rings. The summed E-state index contributed by atoms with van der Waals surface area (Å²) in [5.41, 5.74) is 3.18. The van der Waals surface area contributed by atoms with E-state index in [0.29, 0.717) is 12.1 Å². The number of anilines is 1. The minimum absolute atomic E-state index is 0.0434. The standard InChI is InChI=1S/C11H13N3O3/c1-7(2)13-14-11(17)8-4-3-5-9(10(8)16)12-6-15/h3-6,16H,1-2H3,(H,12,15)(H,14,17). The van der Waals surface area contributed by atoms with E-state index in [2.05, 4.69) is 15.8 Å². The van der Waals surface area contributed by atoms with Gasteiger partial charge in [-0.1, -0.05) is 6.07 Å². The number of phenols is 1. The van der Waals surface area contributed by atoms with Gasteiger partial charge < -0.3 is 10.4 Å². The van der Waals surface area contributed by atoms with E-state index in [9.17, 15) is 14.7 Å². The number of carbonyl (C=O) groups excluding carboxylic acids is 2. The largest absolute Gasteiger partial charge is 0.505 e. The molecule has 6 nitrogen and oxygen atoms in total. The summed E-state index contributed by atoms with van der Waals surface area (Å²) in [6.45, 7) is 3.45. The number of phenolic OH excluding ortho intramolecular Hbond substituents is 1. The zero-order valence-corrected chi connectivity index (χ0v) is 9.52. The van der Waals surface area contributed by atoms with Crippen LogP contribution in [0.4, 0.5) is 5.69 Å². The highest BCUT2D eigenvalue weighted by Crippen LogP contribution is 2.26. The number of aromatic hydroxyl groups is 1. The van der Waals surface area contributed by atoms with Gasteiger partial charge in [0.2, 0.25) is 6.41 Å². The zero-order chi connectivity index (χ0) is 12.8. The molecule has 1 rings (SSSR count). The average molecular weight is 235 g/mol. The lowest BCUT2D eigenvalue weighted by molar-refractivity contribution is -0.105. The number of nitrogens with zero attached hydrogens (tertiary/aromatic N) is 1. The quantitative estimate of drug-likeness (QED) is 0.316. The van der Waals surface area contributed by atoms with Crippen molar-refractivity contribution in [2.24, 2.45) is 5.10 Å². The van der Waals surface area contributed by atoms with Crippen molar-refractivity contribution >= 4 is 23.7 Å². The van der Waals surface area contributed by atoms with Crippen molar-refractivity contribution in [3.63, 3.8) is 0 Å². The number of hydrazone groups is 1. The Morgan fingerprint density at radius 3 is 2.71 bits per heavy atom. The summed E-state index contributed by atoms with van der Waals surface area (Å²) in [6, 6.07) is 4.46. The molecule has 0 aliphatic rings. The fraction of sp³-hybridized carbons (Fsp3) is 0.182. The van der Waals surface area contributed by atoms with Crippen LogP contribution >= 0.6 is 0 Å². The van der Waals surface area contributed by atoms with E-state index in [4.69, 9.17) is 0 Å². The predicted octanol–water partition coefficient (Wildman–Crippen LogP) is 1.09. The summed E-state index contributed by atoms with van der Waals surface area (Å²) in [5.74, 6) is -0.834. The van der Waals surface area contributed by atoms with Crippen molar-refractivity contribution in [2.75, 3.05) is 5.32 Å². The molecule has 0 saturated carbocycles. The van der Waals surface area contributed by atoms with Gasteiger partial charge in [-0.25, -0.2) is 5.43 Å². The Hall–Kier alpha value is -2.37. The molecule has 0 radical (unpaired) electrons. The van der Waals surface area contributed by atoms with E-state index in [0.717, 1.165) is 0 Å². The van der Waals surface area contributed by atoms with Gasteiger partial charge in [-0.05, 0) is 26.0 Å². The maximum absolute atomic E-state index is 11.6. The number of carbonyl (C=O) groups is 2. The molecule has 0 unspecified atom stereocenters. The SMILES string of the molecule is CC(C)=NNC(=O)c1cccc(NC=O)c1O. The highest BCUT2D eigenvalue weighted by molar-refractivity contribution is 5.99. The van der Waals surface area contributed by atoms with E-state index in [1.807, 2.05) is 0 Å². The lowest BCUT2D eigenvalue weighted by Crippen LogP contribution is -2.18. The second-order valence-electron chi connectivity index (χ2n) is 3.46. The van der Waals surface area contributed by atoms with Gasteiger partial charge in [-0.15, -0.1) is 0 Å². The minimum atomic E-state index is -0.543. The van der Waals surface area contributed by atoms with E-state index >= 15 is 0 Å². The van der Waals surface area contributed by atoms with Gasteiger partial charge in [0.1, 0.15) is 0 Å². The van der Waals surface area contributed by atoms with Crippen LogP contribution in [0, 0.1) is 0 Å². The van der Waals surface area contributed by atoms with E-state index < -0.39 is 5.91 Å². The summed E-state index contributed by atoms with van der Waals surface area (Å²) in [6.07, 6.45) is 0.422. The molecule has 0 atom stereocenters. The van der Waals surface area contributed by atoms with Gasteiger partial charge in [0, 0.05) is 5.71 Å². The average Bonchev–Trinajstić information content (AvgIpc) is 2.29. The third-order valence-electron chi connectivity index (χ3n) is 1.88. The van der Waals surface area contributed by atoms with Gasteiger partial charge in [0.05, 0.1) is 11.3 Å². The van der Waals surface area contributed by atoms with E-state index in [-0.39, 0.29) is 17.0 Å². The molecule has 90 valence electrons. The van der Waals surface area contributed by atoms with Crippen LogP contribution in [-0.4, -0.2) is 23.1 Å². The fourth-order valence-electron chi connectivity index (χ4n) is 1.13. The maximum Gasteiger partial charge on any atom is 0.275 e. The molecule has 0 spiro atoms. The van der Waals surface area contributed by atoms with Crippen molar-refractivity contribution in [1.29, 1.82) is 0 Å². The predicted molar refractivity (Wildman–Crippen MR) is 64.0 cm³/mol. The number of hydrogen-bond donors (Lipinski definition) is 3. The number of nitrogens with one attached hydrogen (secondary N) is 2. The maximum atomic E-state index is 11.6. The number of para-hydroxylation sites is 1. The second kappa shape index (κ2) is 5.64. The molecule has 17 heavy (non-hydrogen) atoms. The second-order valence-corrected chi connectivity index (χ2v) is 3.46. The van der Waals surface area contributed by atoms with Gasteiger partial charge in [0.25, 0.3) is 5.91 Å². The normalized spacial score (nSPS) is 9.29. The van der Waals surface area contributed by atoms with Crippen LogP contribution < -0.4 is 10.7 Å². The first-order valence-electron chi connectivity index (χ1n) is 4.89. The summed E-state index contributed by atoms with van der Waals surface area (Å²) in [7, 11) is 0. The number of amides is 2. The Bertz CT molecular complexity index is 465. The van der Waals surface area contributed by atoms with Crippen LogP contribution in [0.3, 0.4) is 0 Å². The van der Waals surface area contributed by atoms with E-state index in [1.54, 1.807) is 19.9 Å². The van der Waals surface area contributed by atoms with Gasteiger partial charge in [-0.3, -0.25) is 9.59 Å². The van der Waals surface area contributed by atoms with Crippen molar-refractivity contribution in [3.05, 3.63) is 23.8 Å². The summed E-state index contributed by atoms with van der Waals surface area (Å²) in [4.78, 5) is 21.9. The monoisotopic (exact) mass is 235 g/mol. The molecule has 2 amide bonds. The molecular weight excluding hydrogens is 222 g/mol. The molecule has 0 aliphatic heterocycles. The molecular formula is C11H13N3O3. The summed E-state index contributed by atoms with van der Waals surface area (Å²) in [5, 5.41) is 15.7. The smallest absolute Gasteiger partial charge is 0.275 e. The van der Waals surface area contributed by atoms with Crippen molar-refractivity contribution < 1.29 is 14.7 Å². The Labute approximate surface area is 98.3 Å². The lowest BCUT2D eigenvalue weighted by Gasteiger charge is -2.07. The summed E-state index contributed by atoms with van der Waals surface area (Å²) < 4.78 is 0. The molecule has 0 aromatic heterocycles. The van der Waals surface area contributed by atoms with Crippen LogP contribution in [0.5, 0.6) is 5.75 Å². The zero-order valence-electron chi connectivity index (χ0n) is 9.52. The molecule has 3 N–H and O–H groups in total. The van der Waals surface area contributed by atoms with Crippen LogP contribution in [0.25, 0.3) is 0 Å². The highest BCUT2D eigenvalue weighted by atomic mass is 16.3. The van der Waals surface area contributed by atoms with Crippen LogP contribution in [-0.2, 0) is 4.79 Å².